The van der Waals surface area contributed by atoms with Crippen molar-refractivity contribution in [3.8, 4) is 0 Å². The Morgan fingerprint density at radius 3 is 2.94 bits per heavy atom. The summed E-state index contributed by atoms with van der Waals surface area (Å²) in [5.41, 5.74) is 5.59. The van der Waals surface area contributed by atoms with Crippen molar-refractivity contribution in [3.63, 3.8) is 0 Å². The summed E-state index contributed by atoms with van der Waals surface area (Å²) in [6.07, 6.45) is 5.16. The molecule has 0 spiro atoms. The molecule has 16 heavy (non-hydrogen) atoms. The third-order valence-corrected chi connectivity index (χ3v) is 4.19. The van der Waals surface area contributed by atoms with E-state index in [4.69, 9.17) is 5.73 Å². The van der Waals surface area contributed by atoms with Crippen LogP contribution in [0.1, 0.15) is 37.5 Å². The zero-order chi connectivity index (χ0) is 11.4. The number of nitrogens with zero attached hydrogens (tertiary/aromatic N) is 1. The van der Waals surface area contributed by atoms with Gasteiger partial charge in [0.25, 0.3) is 0 Å². The summed E-state index contributed by atoms with van der Waals surface area (Å²) in [5, 5.41) is 2.17. The van der Waals surface area contributed by atoms with Crippen LogP contribution in [0.2, 0.25) is 0 Å². The first-order valence-corrected chi connectivity index (χ1v) is 7.17. The van der Waals surface area contributed by atoms with Crippen LogP contribution in [0, 0.1) is 0 Å². The van der Waals surface area contributed by atoms with Gasteiger partial charge in [0, 0.05) is 23.5 Å². The van der Waals surface area contributed by atoms with E-state index < -0.39 is 0 Å². The second kappa shape index (κ2) is 5.80. The van der Waals surface area contributed by atoms with Crippen molar-refractivity contribution in [2.45, 2.75) is 51.2 Å². The van der Waals surface area contributed by atoms with Crippen molar-refractivity contribution < 1.29 is 0 Å². The molecule has 1 atom stereocenters. The molecule has 1 aromatic rings. The number of rotatable bonds is 7. The predicted molar refractivity (Wildman–Crippen MR) is 70.6 cm³/mol. The average molecular weight is 238 g/mol. The number of thiophene rings is 1. The maximum absolute atomic E-state index is 5.59. The summed E-state index contributed by atoms with van der Waals surface area (Å²) in [6, 6.07) is 5.92. The number of hydrogen-bond donors (Lipinski definition) is 1. The Labute approximate surface area is 102 Å². The van der Waals surface area contributed by atoms with E-state index in [1.165, 1.54) is 24.1 Å². The van der Waals surface area contributed by atoms with Crippen molar-refractivity contribution in [1.29, 1.82) is 0 Å². The van der Waals surface area contributed by atoms with E-state index in [2.05, 4.69) is 29.3 Å². The molecule has 1 aliphatic carbocycles. The monoisotopic (exact) mass is 238 g/mol. The Morgan fingerprint density at radius 1 is 1.56 bits per heavy atom. The molecular weight excluding hydrogens is 216 g/mol. The van der Waals surface area contributed by atoms with Crippen molar-refractivity contribution in [3.05, 3.63) is 22.4 Å². The predicted octanol–water partition coefficient (Wildman–Crippen LogP) is 2.84. The minimum absolute atomic E-state index is 0.679. The molecule has 1 saturated carbocycles. The van der Waals surface area contributed by atoms with Gasteiger partial charge in [-0.3, -0.25) is 4.90 Å². The van der Waals surface area contributed by atoms with Gasteiger partial charge in [-0.25, -0.2) is 0 Å². The minimum atomic E-state index is 0.679. The van der Waals surface area contributed by atoms with Crippen LogP contribution in [0.4, 0.5) is 0 Å². The smallest absolute Gasteiger partial charge is 0.0333 e. The molecule has 1 fully saturated rings. The third kappa shape index (κ3) is 3.30. The lowest BCUT2D eigenvalue weighted by molar-refractivity contribution is 0.180. The summed E-state index contributed by atoms with van der Waals surface area (Å²) in [5.74, 6) is 0. The van der Waals surface area contributed by atoms with E-state index in [9.17, 15) is 0 Å². The van der Waals surface area contributed by atoms with E-state index in [1.54, 1.807) is 0 Å². The van der Waals surface area contributed by atoms with Gasteiger partial charge in [0.05, 0.1) is 0 Å². The third-order valence-electron chi connectivity index (χ3n) is 3.33. The Balaban J connectivity index is 1.89. The van der Waals surface area contributed by atoms with E-state index in [0.717, 1.165) is 25.6 Å². The van der Waals surface area contributed by atoms with Crippen molar-refractivity contribution in [2.75, 3.05) is 6.54 Å². The molecule has 3 heteroatoms. The Morgan fingerprint density at radius 2 is 2.38 bits per heavy atom. The van der Waals surface area contributed by atoms with Gasteiger partial charge in [0.2, 0.25) is 0 Å². The highest BCUT2D eigenvalue weighted by Crippen LogP contribution is 2.31. The lowest BCUT2D eigenvalue weighted by Crippen LogP contribution is -2.34. The Hall–Kier alpha value is -0.380. The second-order valence-electron chi connectivity index (χ2n) is 4.76. The molecule has 2 nitrogen and oxygen atoms in total. The van der Waals surface area contributed by atoms with Gasteiger partial charge >= 0.3 is 0 Å². The topological polar surface area (TPSA) is 29.3 Å². The Bertz CT molecular complexity index is 293. The first kappa shape index (κ1) is 12.1. The molecule has 0 saturated heterocycles. The molecule has 1 aromatic heterocycles. The van der Waals surface area contributed by atoms with Gasteiger partial charge in [-0.1, -0.05) is 6.07 Å². The van der Waals surface area contributed by atoms with Crippen LogP contribution in [-0.2, 0) is 6.54 Å². The van der Waals surface area contributed by atoms with Crippen LogP contribution >= 0.6 is 11.3 Å². The standard InChI is InChI=1S/C13H22N2S/c1-11(4-2-8-14)15(12-6-7-12)10-13-5-3-9-16-13/h3,5,9,11-12H,2,4,6-8,10,14H2,1H3. The van der Waals surface area contributed by atoms with Gasteiger partial charge < -0.3 is 5.73 Å². The van der Waals surface area contributed by atoms with Gasteiger partial charge in [-0.2, -0.15) is 0 Å². The van der Waals surface area contributed by atoms with E-state index in [0.29, 0.717) is 6.04 Å². The first-order valence-electron chi connectivity index (χ1n) is 6.29. The molecule has 1 aliphatic rings. The van der Waals surface area contributed by atoms with E-state index in [1.807, 2.05) is 11.3 Å². The van der Waals surface area contributed by atoms with E-state index >= 15 is 0 Å². The van der Waals surface area contributed by atoms with E-state index in [-0.39, 0.29) is 0 Å². The van der Waals surface area contributed by atoms with Crippen molar-refractivity contribution >= 4 is 11.3 Å². The summed E-state index contributed by atoms with van der Waals surface area (Å²) >= 11 is 1.87. The highest BCUT2D eigenvalue weighted by atomic mass is 32.1. The van der Waals surface area contributed by atoms with Crippen molar-refractivity contribution in [1.82, 2.24) is 4.90 Å². The summed E-state index contributed by atoms with van der Waals surface area (Å²) in [4.78, 5) is 4.16. The average Bonchev–Trinajstić information content (AvgIpc) is 3.00. The fourth-order valence-electron chi connectivity index (χ4n) is 2.21. The fourth-order valence-corrected chi connectivity index (χ4v) is 2.93. The highest BCUT2D eigenvalue weighted by Gasteiger charge is 2.31. The highest BCUT2D eigenvalue weighted by molar-refractivity contribution is 7.09. The van der Waals surface area contributed by atoms with Gasteiger partial charge in [-0.05, 0) is 50.6 Å². The van der Waals surface area contributed by atoms with Gasteiger partial charge in [0.15, 0.2) is 0 Å². The summed E-state index contributed by atoms with van der Waals surface area (Å²) < 4.78 is 0. The van der Waals surface area contributed by atoms with Crippen LogP contribution in [-0.4, -0.2) is 23.5 Å². The molecule has 90 valence electrons. The summed E-state index contributed by atoms with van der Waals surface area (Å²) in [6.45, 7) is 4.30. The quantitative estimate of drug-likeness (QED) is 0.791. The van der Waals surface area contributed by atoms with Crippen LogP contribution in [0.3, 0.4) is 0 Å². The summed E-state index contributed by atoms with van der Waals surface area (Å²) in [7, 11) is 0. The largest absolute Gasteiger partial charge is 0.330 e. The van der Waals surface area contributed by atoms with Gasteiger partial charge in [0.1, 0.15) is 0 Å². The zero-order valence-electron chi connectivity index (χ0n) is 10.1. The fraction of sp³-hybridized carbons (Fsp3) is 0.692. The maximum Gasteiger partial charge on any atom is 0.0333 e. The Kier molecular flexibility index (Phi) is 4.38. The molecule has 0 bridgehead atoms. The zero-order valence-corrected chi connectivity index (χ0v) is 10.9. The lowest BCUT2D eigenvalue weighted by atomic mass is 10.1. The number of hydrogen-bond acceptors (Lipinski definition) is 3. The maximum atomic E-state index is 5.59. The molecular formula is C13H22N2S. The molecule has 0 radical (unpaired) electrons. The van der Waals surface area contributed by atoms with Crippen molar-refractivity contribution in [2.24, 2.45) is 5.73 Å². The van der Waals surface area contributed by atoms with Crippen LogP contribution in [0.5, 0.6) is 0 Å². The molecule has 2 rings (SSSR count). The SMILES string of the molecule is CC(CCCN)N(Cc1cccs1)C1CC1. The lowest BCUT2D eigenvalue weighted by Gasteiger charge is -2.28. The van der Waals surface area contributed by atoms with Crippen LogP contribution in [0.25, 0.3) is 0 Å². The molecule has 1 heterocycles. The number of nitrogens with two attached hydrogens (primary N) is 1. The van der Waals surface area contributed by atoms with Gasteiger partial charge in [-0.15, -0.1) is 11.3 Å². The molecule has 2 N–H and O–H groups in total. The normalized spacial score (nSPS) is 17.9. The molecule has 0 aromatic carbocycles. The second-order valence-corrected chi connectivity index (χ2v) is 5.80. The minimum Gasteiger partial charge on any atom is -0.330 e. The molecule has 0 aliphatic heterocycles. The van der Waals surface area contributed by atoms with Crippen LogP contribution in [0.15, 0.2) is 17.5 Å². The first-order chi connectivity index (χ1) is 7.81. The molecule has 0 amide bonds. The molecule has 1 unspecified atom stereocenters. The van der Waals surface area contributed by atoms with Crippen LogP contribution < -0.4 is 5.73 Å².